The number of aliphatic imine (C=N–C) groups is 1. The molecule has 0 bridgehead atoms. The minimum absolute atomic E-state index is 0.0803. The van der Waals surface area contributed by atoms with Crippen LogP contribution in [0.1, 0.15) is 38.0 Å². The van der Waals surface area contributed by atoms with Crippen LogP contribution in [0.2, 0.25) is 0 Å². The minimum Gasteiger partial charge on any atom is -0.443 e. The molecule has 0 saturated heterocycles. The molecule has 3 N–H and O–H groups in total. The van der Waals surface area contributed by atoms with Gasteiger partial charge in [-0.2, -0.15) is 0 Å². The normalized spacial score (nSPS) is 11.9. The highest BCUT2D eigenvalue weighted by Gasteiger charge is 2.19. The summed E-state index contributed by atoms with van der Waals surface area (Å²) in [4.78, 5) is 20.3. The van der Waals surface area contributed by atoms with Gasteiger partial charge in [-0.25, -0.2) is 4.98 Å². The van der Waals surface area contributed by atoms with Gasteiger partial charge in [-0.15, -0.1) is 0 Å². The predicted molar refractivity (Wildman–Crippen MR) is 107 cm³/mol. The Morgan fingerprint density at radius 2 is 1.89 bits per heavy atom. The average Bonchev–Trinajstić information content (AvgIpc) is 3.12. The summed E-state index contributed by atoms with van der Waals surface area (Å²) in [5, 5.41) is 8.96. The van der Waals surface area contributed by atoms with Gasteiger partial charge in [-0.3, -0.25) is 9.79 Å². The Hall–Kier alpha value is -2.83. The van der Waals surface area contributed by atoms with Gasteiger partial charge < -0.3 is 20.4 Å². The molecule has 2 aromatic rings. The Bertz CT molecular complexity index is 747. The van der Waals surface area contributed by atoms with Gasteiger partial charge in [-0.05, 0) is 12.0 Å². The van der Waals surface area contributed by atoms with Crippen LogP contribution in [0.3, 0.4) is 0 Å². The molecule has 2 rings (SSSR count). The fourth-order valence-corrected chi connectivity index (χ4v) is 2.34. The Kier molecular flexibility index (Phi) is 7.40. The third kappa shape index (κ3) is 7.13. The molecule has 0 aliphatic rings. The van der Waals surface area contributed by atoms with Crippen molar-refractivity contribution in [2.45, 2.75) is 39.2 Å². The molecule has 0 radical (unpaired) electrons. The maximum Gasteiger partial charge on any atom is 0.239 e. The molecule has 0 unspecified atom stereocenters. The van der Waals surface area contributed by atoms with E-state index in [4.69, 9.17) is 4.42 Å². The second kappa shape index (κ2) is 9.75. The molecule has 0 atom stereocenters. The zero-order valence-corrected chi connectivity index (χ0v) is 16.5. The van der Waals surface area contributed by atoms with E-state index < -0.39 is 0 Å². The Morgan fingerprint density at radius 1 is 1.15 bits per heavy atom. The maximum atomic E-state index is 12.0. The number of hydrogen-bond donors (Lipinski definition) is 3. The van der Waals surface area contributed by atoms with Crippen LogP contribution >= 0.6 is 0 Å². The van der Waals surface area contributed by atoms with Crippen molar-refractivity contribution < 1.29 is 9.21 Å². The van der Waals surface area contributed by atoms with Crippen molar-refractivity contribution in [1.29, 1.82) is 0 Å². The zero-order chi connectivity index (χ0) is 19.7. The summed E-state index contributed by atoms with van der Waals surface area (Å²) in [5.74, 6) is 1.85. The number of aromatic nitrogens is 1. The minimum atomic E-state index is -0.0833. The van der Waals surface area contributed by atoms with Gasteiger partial charge in [0, 0.05) is 19.0 Å². The van der Waals surface area contributed by atoms with Crippen molar-refractivity contribution >= 4 is 11.9 Å². The second-order valence-electron chi connectivity index (χ2n) is 7.23. The number of carbonyl (C=O) groups excluding carboxylic acids is 1. The first-order chi connectivity index (χ1) is 12.9. The van der Waals surface area contributed by atoms with E-state index >= 15 is 0 Å². The van der Waals surface area contributed by atoms with Crippen LogP contribution in [0, 0.1) is 0 Å². The highest BCUT2D eigenvalue weighted by atomic mass is 16.4. The van der Waals surface area contributed by atoms with Crippen molar-refractivity contribution in [3.8, 4) is 0 Å². The molecule has 7 heteroatoms. The molecule has 1 heterocycles. The molecule has 0 aliphatic heterocycles. The molecule has 0 aliphatic carbocycles. The van der Waals surface area contributed by atoms with E-state index in [9.17, 15) is 4.79 Å². The van der Waals surface area contributed by atoms with E-state index in [-0.39, 0.29) is 17.9 Å². The lowest BCUT2D eigenvalue weighted by molar-refractivity contribution is -0.119. The quantitative estimate of drug-likeness (QED) is 0.511. The Labute approximate surface area is 160 Å². The molecule has 0 saturated carbocycles. The van der Waals surface area contributed by atoms with Crippen LogP contribution in [-0.4, -0.2) is 37.0 Å². The summed E-state index contributed by atoms with van der Waals surface area (Å²) in [6, 6.07) is 10.1. The number of nitrogens with zero attached hydrogens (tertiary/aromatic N) is 2. The second-order valence-corrected chi connectivity index (χ2v) is 7.23. The Balaban J connectivity index is 1.69. The Morgan fingerprint density at radius 3 is 2.52 bits per heavy atom. The van der Waals surface area contributed by atoms with Gasteiger partial charge in [0.05, 0.1) is 19.3 Å². The summed E-state index contributed by atoms with van der Waals surface area (Å²) >= 11 is 0. The molecule has 27 heavy (non-hydrogen) atoms. The number of rotatable bonds is 7. The largest absolute Gasteiger partial charge is 0.443 e. The van der Waals surface area contributed by atoms with Crippen molar-refractivity contribution in [2.75, 3.05) is 20.1 Å². The van der Waals surface area contributed by atoms with E-state index in [1.807, 2.05) is 30.3 Å². The fraction of sp³-hybridized carbons (Fsp3) is 0.450. The third-order valence-electron chi connectivity index (χ3n) is 3.92. The van der Waals surface area contributed by atoms with E-state index in [1.54, 1.807) is 13.2 Å². The van der Waals surface area contributed by atoms with E-state index in [0.29, 0.717) is 24.9 Å². The zero-order valence-electron chi connectivity index (χ0n) is 16.5. The van der Waals surface area contributed by atoms with Gasteiger partial charge in [0.15, 0.2) is 5.96 Å². The summed E-state index contributed by atoms with van der Waals surface area (Å²) in [5.41, 5.74) is 1.12. The molecular weight excluding hydrogens is 342 g/mol. The summed E-state index contributed by atoms with van der Waals surface area (Å²) in [7, 11) is 1.65. The number of benzene rings is 1. The monoisotopic (exact) mass is 371 g/mol. The summed E-state index contributed by atoms with van der Waals surface area (Å²) in [6.07, 6.45) is 2.55. The number of carbonyl (C=O) groups is 1. The van der Waals surface area contributed by atoms with Crippen LogP contribution in [-0.2, 0) is 23.2 Å². The van der Waals surface area contributed by atoms with Crippen LogP contribution in [0.5, 0.6) is 0 Å². The van der Waals surface area contributed by atoms with Crippen molar-refractivity contribution in [2.24, 2.45) is 4.99 Å². The fourth-order valence-electron chi connectivity index (χ4n) is 2.34. The topological polar surface area (TPSA) is 91.5 Å². The molecular formula is C20H29N5O2. The van der Waals surface area contributed by atoms with Crippen LogP contribution in [0.25, 0.3) is 0 Å². The molecule has 1 aromatic heterocycles. The molecule has 0 spiro atoms. The number of nitrogens with one attached hydrogen (secondary N) is 3. The van der Waals surface area contributed by atoms with Gasteiger partial charge in [0.1, 0.15) is 5.76 Å². The summed E-state index contributed by atoms with van der Waals surface area (Å²) < 4.78 is 5.73. The first-order valence-electron chi connectivity index (χ1n) is 9.09. The highest BCUT2D eigenvalue weighted by molar-refractivity contribution is 5.86. The van der Waals surface area contributed by atoms with Crippen LogP contribution in [0.15, 0.2) is 45.9 Å². The molecule has 0 fully saturated rings. The SMILES string of the molecule is CN=C(NCC(=O)NCCc1ccccc1)NCc1ncc(C(C)(C)C)o1. The van der Waals surface area contributed by atoms with Crippen LogP contribution < -0.4 is 16.0 Å². The smallest absolute Gasteiger partial charge is 0.239 e. The van der Waals surface area contributed by atoms with Crippen molar-refractivity contribution in [3.05, 3.63) is 53.7 Å². The molecule has 7 nitrogen and oxygen atoms in total. The first kappa shape index (κ1) is 20.5. The lowest BCUT2D eigenvalue weighted by Gasteiger charge is -2.13. The van der Waals surface area contributed by atoms with Gasteiger partial charge >= 0.3 is 0 Å². The van der Waals surface area contributed by atoms with Gasteiger partial charge in [0.25, 0.3) is 0 Å². The van der Waals surface area contributed by atoms with Crippen molar-refractivity contribution in [1.82, 2.24) is 20.9 Å². The third-order valence-corrected chi connectivity index (χ3v) is 3.92. The predicted octanol–water partition coefficient (Wildman–Crippen LogP) is 2.00. The van der Waals surface area contributed by atoms with E-state index in [2.05, 4.69) is 46.7 Å². The van der Waals surface area contributed by atoms with E-state index in [0.717, 1.165) is 12.2 Å². The maximum absolute atomic E-state index is 12.0. The average molecular weight is 371 g/mol. The van der Waals surface area contributed by atoms with Gasteiger partial charge in [0.2, 0.25) is 11.8 Å². The number of hydrogen-bond acceptors (Lipinski definition) is 4. The van der Waals surface area contributed by atoms with Crippen molar-refractivity contribution in [3.63, 3.8) is 0 Å². The standard InChI is InChI=1S/C20H29N5O2/c1-20(2,3)16-12-23-18(27-16)14-25-19(21-4)24-13-17(26)22-11-10-15-8-6-5-7-9-15/h5-9,12H,10-11,13-14H2,1-4H3,(H,22,26)(H2,21,24,25). The van der Waals surface area contributed by atoms with E-state index in [1.165, 1.54) is 5.56 Å². The first-order valence-corrected chi connectivity index (χ1v) is 9.09. The lowest BCUT2D eigenvalue weighted by atomic mass is 9.94. The number of oxazole rings is 1. The van der Waals surface area contributed by atoms with Gasteiger partial charge in [-0.1, -0.05) is 51.1 Å². The number of guanidine groups is 1. The highest BCUT2D eigenvalue weighted by Crippen LogP contribution is 2.22. The number of amides is 1. The molecule has 1 aromatic carbocycles. The molecule has 146 valence electrons. The van der Waals surface area contributed by atoms with Crippen LogP contribution in [0.4, 0.5) is 0 Å². The lowest BCUT2D eigenvalue weighted by Crippen LogP contribution is -2.43. The summed E-state index contributed by atoms with van der Waals surface area (Å²) in [6.45, 7) is 7.35. The molecule has 1 amide bonds.